The lowest BCUT2D eigenvalue weighted by Crippen LogP contribution is -2.35. The first kappa shape index (κ1) is 13.2. The number of carboxylic acid groups (broad SMARTS) is 1. The van der Waals surface area contributed by atoms with Crippen molar-refractivity contribution in [1.82, 2.24) is 0 Å². The van der Waals surface area contributed by atoms with E-state index in [0.29, 0.717) is 5.41 Å². The molecule has 2 rings (SSSR count). The van der Waals surface area contributed by atoms with Gasteiger partial charge in [-0.1, -0.05) is 24.9 Å². The number of aromatic carboxylic acids is 1. The molecule has 2 N–H and O–H groups in total. The molecule has 1 fully saturated rings. The van der Waals surface area contributed by atoms with Gasteiger partial charge < -0.3 is 10.4 Å². The fourth-order valence-corrected chi connectivity index (χ4v) is 2.68. The maximum Gasteiger partial charge on any atom is 0.337 e. The summed E-state index contributed by atoms with van der Waals surface area (Å²) >= 11 is 5.94. The molecule has 1 aromatic carbocycles. The van der Waals surface area contributed by atoms with Crippen LogP contribution in [-0.2, 0) is 0 Å². The Balaban J connectivity index is 2.02. The van der Waals surface area contributed by atoms with Gasteiger partial charge in [-0.05, 0) is 42.9 Å². The van der Waals surface area contributed by atoms with Crippen molar-refractivity contribution in [3.05, 3.63) is 28.8 Å². The van der Waals surface area contributed by atoms with Crippen molar-refractivity contribution in [2.45, 2.75) is 32.6 Å². The lowest BCUT2D eigenvalue weighted by molar-refractivity contribution is 0.0697. The van der Waals surface area contributed by atoms with Crippen LogP contribution in [0.1, 0.15) is 43.0 Å². The second kappa shape index (κ2) is 5.19. The number of halogens is 1. The van der Waals surface area contributed by atoms with Crippen LogP contribution in [0.15, 0.2) is 18.2 Å². The molecule has 1 aliphatic rings. The van der Waals surface area contributed by atoms with E-state index in [0.717, 1.165) is 12.2 Å². The van der Waals surface area contributed by atoms with E-state index in [2.05, 4.69) is 12.2 Å². The molecule has 0 amide bonds. The van der Waals surface area contributed by atoms with Gasteiger partial charge in [0.15, 0.2) is 0 Å². The Bertz CT molecular complexity index is 450. The monoisotopic (exact) mass is 267 g/mol. The van der Waals surface area contributed by atoms with Gasteiger partial charge >= 0.3 is 5.97 Å². The molecule has 4 heteroatoms. The van der Waals surface area contributed by atoms with Crippen molar-refractivity contribution in [3.8, 4) is 0 Å². The third-order valence-electron chi connectivity index (χ3n) is 4.03. The molecule has 3 nitrogen and oxygen atoms in total. The highest BCUT2D eigenvalue weighted by molar-refractivity contribution is 6.33. The minimum atomic E-state index is -0.990. The number of nitrogens with one attached hydrogen (secondary N) is 1. The van der Waals surface area contributed by atoms with E-state index >= 15 is 0 Å². The molecular formula is C14H18ClNO2. The molecule has 18 heavy (non-hydrogen) atoms. The molecule has 1 saturated carbocycles. The lowest BCUT2D eigenvalue weighted by Gasteiger charge is -2.41. The zero-order valence-corrected chi connectivity index (χ0v) is 11.3. The molecule has 98 valence electrons. The second-order valence-electron chi connectivity index (χ2n) is 5.06. The van der Waals surface area contributed by atoms with Gasteiger partial charge in [0.05, 0.1) is 10.6 Å². The molecule has 0 bridgehead atoms. The van der Waals surface area contributed by atoms with Crippen LogP contribution >= 0.6 is 11.6 Å². The van der Waals surface area contributed by atoms with Gasteiger partial charge in [0.25, 0.3) is 0 Å². The molecule has 0 aliphatic heterocycles. The Morgan fingerprint density at radius 1 is 1.50 bits per heavy atom. The Hall–Kier alpha value is -1.22. The van der Waals surface area contributed by atoms with Gasteiger partial charge in [0, 0.05) is 12.2 Å². The first-order valence-corrected chi connectivity index (χ1v) is 6.71. The van der Waals surface area contributed by atoms with E-state index in [4.69, 9.17) is 16.7 Å². The topological polar surface area (TPSA) is 49.3 Å². The largest absolute Gasteiger partial charge is 0.478 e. The summed E-state index contributed by atoms with van der Waals surface area (Å²) in [6.07, 6.45) is 5.05. The van der Waals surface area contributed by atoms with Crippen LogP contribution in [0.3, 0.4) is 0 Å². The lowest BCUT2D eigenvalue weighted by atomic mass is 9.67. The van der Waals surface area contributed by atoms with Crippen molar-refractivity contribution in [2.75, 3.05) is 11.9 Å². The third kappa shape index (κ3) is 2.61. The maximum absolute atomic E-state index is 10.8. The van der Waals surface area contributed by atoms with Crippen LogP contribution in [0.25, 0.3) is 0 Å². The minimum Gasteiger partial charge on any atom is -0.478 e. The van der Waals surface area contributed by atoms with Crippen molar-refractivity contribution in [2.24, 2.45) is 5.41 Å². The van der Waals surface area contributed by atoms with Crippen molar-refractivity contribution >= 4 is 23.3 Å². The summed E-state index contributed by atoms with van der Waals surface area (Å²) in [5.41, 5.74) is 1.47. The maximum atomic E-state index is 10.8. The molecule has 0 radical (unpaired) electrons. The van der Waals surface area contributed by atoms with Crippen LogP contribution in [-0.4, -0.2) is 17.6 Å². The van der Waals surface area contributed by atoms with Crippen LogP contribution in [0, 0.1) is 5.41 Å². The van der Waals surface area contributed by atoms with Crippen molar-refractivity contribution < 1.29 is 9.90 Å². The number of anilines is 1. The number of benzene rings is 1. The summed E-state index contributed by atoms with van der Waals surface area (Å²) < 4.78 is 0. The molecule has 0 heterocycles. The van der Waals surface area contributed by atoms with E-state index in [1.807, 2.05) is 0 Å². The summed E-state index contributed by atoms with van der Waals surface area (Å²) in [7, 11) is 0. The zero-order chi connectivity index (χ0) is 13.2. The Morgan fingerprint density at radius 3 is 2.67 bits per heavy atom. The van der Waals surface area contributed by atoms with Gasteiger partial charge in [0.1, 0.15) is 0 Å². The van der Waals surface area contributed by atoms with E-state index in [1.165, 1.54) is 25.7 Å². The SMILES string of the molecule is CCC1(CNc2ccc(C(=O)O)c(Cl)c2)CCC1. The Morgan fingerprint density at radius 2 is 2.22 bits per heavy atom. The Labute approximate surface area is 112 Å². The third-order valence-corrected chi connectivity index (χ3v) is 4.34. The number of carbonyl (C=O) groups is 1. The minimum absolute atomic E-state index is 0.149. The summed E-state index contributed by atoms with van der Waals surface area (Å²) in [4.78, 5) is 10.8. The molecular weight excluding hydrogens is 250 g/mol. The summed E-state index contributed by atoms with van der Waals surface area (Å²) in [6, 6.07) is 5.01. The molecule has 0 aromatic heterocycles. The quantitative estimate of drug-likeness (QED) is 0.847. The molecule has 0 saturated heterocycles. The highest BCUT2D eigenvalue weighted by atomic mass is 35.5. The number of hydrogen-bond acceptors (Lipinski definition) is 2. The first-order valence-electron chi connectivity index (χ1n) is 6.33. The molecule has 0 spiro atoms. The first-order chi connectivity index (χ1) is 8.56. The number of rotatable bonds is 5. The Kier molecular flexibility index (Phi) is 3.81. The van der Waals surface area contributed by atoms with Crippen LogP contribution in [0.4, 0.5) is 5.69 Å². The van der Waals surface area contributed by atoms with Gasteiger partial charge in [-0.2, -0.15) is 0 Å². The second-order valence-corrected chi connectivity index (χ2v) is 5.47. The zero-order valence-electron chi connectivity index (χ0n) is 10.5. The van der Waals surface area contributed by atoms with Gasteiger partial charge in [-0.25, -0.2) is 4.79 Å². The summed E-state index contributed by atoms with van der Waals surface area (Å²) in [5.74, 6) is -0.990. The molecule has 1 aromatic rings. The average molecular weight is 268 g/mol. The van der Waals surface area contributed by atoms with Crippen LogP contribution < -0.4 is 5.32 Å². The van der Waals surface area contributed by atoms with E-state index < -0.39 is 5.97 Å². The van der Waals surface area contributed by atoms with Crippen molar-refractivity contribution in [3.63, 3.8) is 0 Å². The summed E-state index contributed by atoms with van der Waals surface area (Å²) in [6.45, 7) is 3.16. The normalized spacial score (nSPS) is 17.0. The fourth-order valence-electron chi connectivity index (χ4n) is 2.42. The highest BCUT2D eigenvalue weighted by Gasteiger charge is 2.34. The van der Waals surface area contributed by atoms with Gasteiger partial charge in [-0.3, -0.25) is 0 Å². The standard InChI is InChI=1S/C14H18ClNO2/c1-2-14(6-3-7-14)9-16-10-4-5-11(13(17)18)12(15)8-10/h4-5,8,16H,2-3,6-7,9H2,1H3,(H,17,18). The summed E-state index contributed by atoms with van der Waals surface area (Å²) in [5, 5.41) is 12.5. The van der Waals surface area contributed by atoms with Crippen LogP contribution in [0.5, 0.6) is 0 Å². The van der Waals surface area contributed by atoms with E-state index in [1.54, 1.807) is 18.2 Å². The fraction of sp³-hybridized carbons (Fsp3) is 0.500. The molecule has 1 aliphatic carbocycles. The predicted molar refractivity (Wildman–Crippen MR) is 73.5 cm³/mol. The van der Waals surface area contributed by atoms with E-state index in [-0.39, 0.29) is 10.6 Å². The highest BCUT2D eigenvalue weighted by Crippen LogP contribution is 2.43. The molecule has 0 unspecified atom stereocenters. The average Bonchev–Trinajstić information content (AvgIpc) is 2.27. The molecule has 0 atom stereocenters. The van der Waals surface area contributed by atoms with Gasteiger partial charge in [0.2, 0.25) is 0 Å². The smallest absolute Gasteiger partial charge is 0.337 e. The predicted octanol–water partition coefficient (Wildman–Crippen LogP) is 4.03. The van der Waals surface area contributed by atoms with Gasteiger partial charge in [-0.15, -0.1) is 0 Å². The number of carboxylic acids is 1. The van der Waals surface area contributed by atoms with Crippen molar-refractivity contribution in [1.29, 1.82) is 0 Å². The van der Waals surface area contributed by atoms with E-state index in [9.17, 15) is 4.79 Å². The number of hydrogen-bond donors (Lipinski definition) is 2. The van der Waals surface area contributed by atoms with Crippen LogP contribution in [0.2, 0.25) is 5.02 Å².